The number of nitrogens with one attached hydrogen (secondary N) is 1. The second kappa shape index (κ2) is 7.31. The summed E-state index contributed by atoms with van der Waals surface area (Å²) in [5.74, 6) is -2.65. The van der Waals surface area contributed by atoms with E-state index in [2.05, 4.69) is 5.32 Å². The van der Waals surface area contributed by atoms with Gasteiger partial charge in [0.1, 0.15) is 17.4 Å². The molecule has 1 atom stereocenters. The van der Waals surface area contributed by atoms with Gasteiger partial charge in [-0.15, -0.1) is 0 Å². The number of aromatic nitrogens is 1. The molecule has 6 nitrogen and oxygen atoms in total. The van der Waals surface area contributed by atoms with E-state index in [0.29, 0.717) is 5.52 Å². The van der Waals surface area contributed by atoms with Crippen molar-refractivity contribution in [2.45, 2.75) is 45.2 Å². The number of amides is 1. The summed E-state index contributed by atoms with van der Waals surface area (Å²) in [6, 6.07) is 1.40. The lowest BCUT2D eigenvalue weighted by molar-refractivity contribution is -0.139. The Hall–Kier alpha value is -2.41. The molecule has 0 spiro atoms. The van der Waals surface area contributed by atoms with Crippen LogP contribution in [0.2, 0.25) is 5.02 Å². The number of carboxylic acids is 1. The van der Waals surface area contributed by atoms with E-state index in [0.717, 1.165) is 18.9 Å². The number of rotatable bonds is 6. The second-order valence-electron chi connectivity index (χ2n) is 7.29. The fraction of sp³-hybridized carbons (Fsp3) is 0.421. The van der Waals surface area contributed by atoms with E-state index in [-0.39, 0.29) is 34.4 Å². The summed E-state index contributed by atoms with van der Waals surface area (Å²) in [6.45, 7) is 3.68. The van der Waals surface area contributed by atoms with Crippen LogP contribution in [0.25, 0.3) is 10.9 Å². The molecule has 8 heteroatoms. The fourth-order valence-corrected chi connectivity index (χ4v) is 3.25. The minimum atomic E-state index is -1.17. The first-order valence-corrected chi connectivity index (χ1v) is 9.14. The van der Waals surface area contributed by atoms with Crippen molar-refractivity contribution in [3.8, 4) is 0 Å². The number of aliphatic carboxylic acids is 1. The Balaban J connectivity index is 2.07. The topological polar surface area (TPSA) is 88.4 Å². The third kappa shape index (κ3) is 3.98. The van der Waals surface area contributed by atoms with Crippen LogP contribution in [0.15, 0.2) is 23.1 Å². The first-order chi connectivity index (χ1) is 12.7. The van der Waals surface area contributed by atoms with Crippen molar-refractivity contribution in [3.05, 3.63) is 45.0 Å². The molecular formula is C19H20ClFN2O4. The molecule has 0 radical (unpaired) electrons. The molecule has 1 heterocycles. The highest BCUT2D eigenvalue weighted by atomic mass is 35.5. The molecule has 144 valence electrons. The molecule has 1 aliphatic carbocycles. The number of benzene rings is 1. The van der Waals surface area contributed by atoms with Crippen molar-refractivity contribution >= 4 is 34.4 Å². The molecule has 1 aliphatic rings. The molecule has 1 unspecified atom stereocenters. The lowest BCUT2D eigenvalue weighted by Crippen LogP contribution is -2.43. The number of nitrogens with zero attached hydrogens (tertiary/aromatic N) is 1. The average molecular weight is 395 g/mol. The monoisotopic (exact) mass is 394 g/mol. The van der Waals surface area contributed by atoms with Gasteiger partial charge in [-0.2, -0.15) is 0 Å². The molecule has 1 aromatic carbocycles. The van der Waals surface area contributed by atoms with Gasteiger partial charge in [-0.05, 0) is 37.3 Å². The first kappa shape index (κ1) is 19.4. The van der Waals surface area contributed by atoms with Crippen LogP contribution in [-0.2, 0) is 4.79 Å². The van der Waals surface area contributed by atoms with Crippen LogP contribution in [0.3, 0.4) is 0 Å². The lowest BCUT2D eigenvalue weighted by Gasteiger charge is -2.18. The van der Waals surface area contributed by atoms with Crippen LogP contribution in [0, 0.1) is 11.7 Å². The predicted molar refractivity (Wildman–Crippen MR) is 99.8 cm³/mol. The Bertz CT molecular complexity index is 982. The molecule has 2 aromatic rings. The van der Waals surface area contributed by atoms with E-state index in [4.69, 9.17) is 11.6 Å². The number of carbonyl (C=O) groups is 2. The normalized spacial score (nSPS) is 15.1. The van der Waals surface area contributed by atoms with Gasteiger partial charge in [-0.1, -0.05) is 25.4 Å². The molecule has 1 aromatic heterocycles. The van der Waals surface area contributed by atoms with Crippen LogP contribution in [0.1, 0.15) is 49.5 Å². The number of hydrogen-bond acceptors (Lipinski definition) is 3. The Morgan fingerprint density at radius 3 is 2.59 bits per heavy atom. The summed E-state index contributed by atoms with van der Waals surface area (Å²) >= 11 is 5.86. The van der Waals surface area contributed by atoms with E-state index < -0.39 is 29.2 Å². The maximum absolute atomic E-state index is 13.9. The van der Waals surface area contributed by atoms with E-state index in [9.17, 15) is 23.9 Å². The predicted octanol–water partition coefficient (Wildman–Crippen LogP) is 3.36. The Kier molecular flexibility index (Phi) is 5.24. The summed E-state index contributed by atoms with van der Waals surface area (Å²) in [5, 5.41) is 11.7. The van der Waals surface area contributed by atoms with E-state index in [1.165, 1.54) is 12.3 Å². The number of hydrogen-bond donors (Lipinski definition) is 2. The van der Waals surface area contributed by atoms with Crippen LogP contribution in [0.4, 0.5) is 4.39 Å². The zero-order valence-corrected chi connectivity index (χ0v) is 15.7. The number of pyridine rings is 1. The van der Waals surface area contributed by atoms with Crippen LogP contribution < -0.4 is 10.7 Å². The highest BCUT2D eigenvalue weighted by Crippen LogP contribution is 2.37. The van der Waals surface area contributed by atoms with Gasteiger partial charge in [0.05, 0.1) is 10.5 Å². The molecule has 0 aliphatic heterocycles. The minimum absolute atomic E-state index is 0.0439. The van der Waals surface area contributed by atoms with Gasteiger partial charge in [0.25, 0.3) is 5.91 Å². The van der Waals surface area contributed by atoms with Gasteiger partial charge in [0.15, 0.2) is 0 Å². The average Bonchev–Trinajstić information content (AvgIpc) is 3.40. The Labute approximate surface area is 159 Å². The number of fused-ring (bicyclic) bond motifs is 1. The van der Waals surface area contributed by atoms with E-state index >= 15 is 0 Å². The van der Waals surface area contributed by atoms with Crippen LogP contribution >= 0.6 is 11.6 Å². The van der Waals surface area contributed by atoms with Crippen LogP contribution in [-0.4, -0.2) is 27.6 Å². The second-order valence-corrected chi connectivity index (χ2v) is 7.69. The minimum Gasteiger partial charge on any atom is -0.480 e. The van der Waals surface area contributed by atoms with Crippen molar-refractivity contribution in [1.29, 1.82) is 0 Å². The highest BCUT2D eigenvalue weighted by molar-refractivity contribution is 6.31. The third-order valence-electron chi connectivity index (χ3n) is 4.57. The molecule has 1 saturated carbocycles. The molecule has 1 amide bonds. The van der Waals surface area contributed by atoms with Gasteiger partial charge in [0.2, 0.25) is 5.43 Å². The largest absolute Gasteiger partial charge is 0.480 e. The highest BCUT2D eigenvalue weighted by Gasteiger charge is 2.29. The molecule has 27 heavy (non-hydrogen) atoms. The molecular weight excluding hydrogens is 375 g/mol. The SMILES string of the molecule is CC(C)CC(NC(=O)c1cn(C2CC2)c2cc(Cl)c(F)cc2c1=O)C(=O)O. The zero-order valence-electron chi connectivity index (χ0n) is 15.0. The summed E-state index contributed by atoms with van der Waals surface area (Å²) in [6.07, 6.45) is 3.40. The number of carbonyl (C=O) groups excluding carboxylic acids is 1. The zero-order chi connectivity index (χ0) is 19.9. The standard InChI is InChI=1S/C19H20ClFN2O4/c1-9(2)5-15(19(26)27)22-18(25)12-8-23(10-3-4-10)16-7-13(20)14(21)6-11(16)17(12)24/h6-10,15H,3-5H2,1-2H3,(H,22,25)(H,26,27). The number of carboxylic acid groups (broad SMARTS) is 1. The van der Waals surface area contributed by atoms with Crippen molar-refractivity contribution in [2.75, 3.05) is 0 Å². The number of halogens is 2. The van der Waals surface area contributed by atoms with Gasteiger partial charge in [-0.25, -0.2) is 9.18 Å². The summed E-state index contributed by atoms with van der Waals surface area (Å²) < 4.78 is 15.7. The maximum Gasteiger partial charge on any atom is 0.326 e. The van der Waals surface area contributed by atoms with E-state index in [1.54, 1.807) is 4.57 Å². The molecule has 2 N–H and O–H groups in total. The molecule has 0 saturated heterocycles. The van der Waals surface area contributed by atoms with Crippen molar-refractivity contribution in [2.24, 2.45) is 5.92 Å². The fourth-order valence-electron chi connectivity index (χ4n) is 3.09. The summed E-state index contributed by atoms with van der Waals surface area (Å²) in [5.41, 5.74) is -0.391. The van der Waals surface area contributed by atoms with Gasteiger partial charge in [-0.3, -0.25) is 9.59 Å². The smallest absolute Gasteiger partial charge is 0.326 e. The van der Waals surface area contributed by atoms with Crippen molar-refractivity contribution < 1.29 is 19.1 Å². The Morgan fingerprint density at radius 1 is 1.37 bits per heavy atom. The summed E-state index contributed by atoms with van der Waals surface area (Å²) in [7, 11) is 0. The Morgan fingerprint density at radius 2 is 2.04 bits per heavy atom. The maximum atomic E-state index is 13.9. The molecule has 1 fully saturated rings. The van der Waals surface area contributed by atoms with Crippen LogP contribution in [0.5, 0.6) is 0 Å². The quantitative estimate of drug-likeness (QED) is 0.786. The first-order valence-electron chi connectivity index (χ1n) is 8.76. The summed E-state index contributed by atoms with van der Waals surface area (Å²) in [4.78, 5) is 36.8. The van der Waals surface area contributed by atoms with Crippen molar-refractivity contribution in [1.82, 2.24) is 9.88 Å². The van der Waals surface area contributed by atoms with Crippen molar-refractivity contribution in [3.63, 3.8) is 0 Å². The third-order valence-corrected chi connectivity index (χ3v) is 4.86. The van der Waals surface area contributed by atoms with Gasteiger partial charge in [0, 0.05) is 17.6 Å². The molecule has 3 rings (SSSR count). The lowest BCUT2D eigenvalue weighted by atomic mass is 10.0. The van der Waals surface area contributed by atoms with E-state index in [1.807, 2.05) is 13.8 Å². The van der Waals surface area contributed by atoms with Gasteiger partial charge >= 0.3 is 5.97 Å². The van der Waals surface area contributed by atoms with Gasteiger partial charge < -0.3 is 15.0 Å². The molecule has 0 bridgehead atoms.